The Morgan fingerprint density at radius 2 is 1.74 bits per heavy atom. The second kappa shape index (κ2) is 7.23. The van der Waals surface area contributed by atoms with Crippen molar-refractivity contribution < 1.29 is 18.3 Å². The Morgan fingerprint density at radius 1 is 1.04 bits per heavy atom. The Labute approximate surface area is 134 Å². The number of amides is 1. The molecule has 0 spiro atoms. The first-order valence-corrected chi connectivity index (χ1v) is 7.91. The number of ether oxygens (including phenoxy) is 1. The third-order valence-corrected chi connectivity index (χ3v) is 4.34. The van der Waals surface area contributed by atoms with Gasteiger partial charge in [0.05, 0.1) is 25.4 Å². The molecule has 2 fully saturated rings. The molecule has 2 aliphatic heterocycles. The molecule has 3 rings (SSSR count). The van der Waals surface area contributed by atoms with Crippen LogP contribution in [0, 0.1) is 11.6 Å². The van der Waals surface area contributed by atoms with Crippen LogP contribution < -0.4 is 4.90 Å². The molecule has 0 unspecified atom stereocenters. The van der Waals surface area contributed by atoms with Crippen LogP contribution in [0.4, 0.5) is 14.5 Å². The van der Waals surface area contributed by atoms with Crippen molar-refractivity contribution in [2.24, 2.45) is 0 Å². The fraction of sp³-hybridized carbons (Fsp3) is 0.562. The number of morpholine rings is 1. The molecule has 0 atom stereocenters. The summed E-state index contributed by atoms with van der Waals surface area (Å²) in [5, 5.41) is 0. The number of nitrogens with zero attached hydrogens (tertiary/aromatic N) is 3. The van der Waals surface area contributed by atoms with Gasteiger partial charge in [-0.2, -0.15) is 0 Å². The van der Waals surface area contributed by atoms with E-state index in [9.17, 15) is 13.6 Å². The Bertz CT molecular complexity index is 556. The quantitative estimate of drug-likeness (QED) is 0.829. The van der Waals surface area contributed by atoms with E-state index >= 15 is 0 Å². The summed E-state index contributed by atoms with van der Waals surface area (Å²) in [6.07, 6.45) is 0. The Morgan fingerprint density at radius 3 is 2.43 bits per heavy atom. The van der Waals surface area contributed by atoms with Gasteiger partial charge in [-0.05, 0) is 12.1 Å². The normalized spacial score (nSPS) is 19.9. The molecular weight excluding hydrogens is 304 g/mol. The van der Waals surface area contributed by atoms with Crippen molar-refractivity contribution in [2.75, 3.05) is 63.9 Å². The maximum absolute atomic E-state index is 13.8. The summed E-state index contributed by atoms with van der Waals surface area (Å²) in [4.78, 5) is 17.9. The lowest BCUT2D eigenvalue weighted by atomic mass is 10.2. The average molecular weight is 325 g/mol. The van der Waals surface area contributed by atoms with Crippen molar-refractivity contribution in [1.82, 2.24) is 9.80 Å². The molecule has 5 nitrogen and oxygen atoms in total. The van der Waals surface area contributed by atoms with Crippen molar-refractivity contribution >= 4 is 11.6 Å². The van der Waals surface area contributed by atoms with Crippen molar-refractivity contribution in [3.63, 3.8) is 0 Å². The van der Waals surface area contributed by atoms with Gasteiger partial charge in [0.1, 0.15) is 11.6 Å². The zero-order valence-corrected chi connectivity index (χ0v) is 13.0. The topological polar surface area (TPSA) is 36.0 Å². The molecule has 0 radical (unpaired) electrons. The van der Waals surface area contributed by atoms with Crippen LogP contribution >= 0.6 is 0 Å². The summed E-state index contributed by atoms with van der Waals surface area (Å²) in [6, 6.07) is 3.50. The minimum Gasteiger partial charge on any atom is -0.378 e. The van der Waals surface area contributed by atoms with E-state index in [-0.39, 0.29) is 5.91 Å². The van der Waals surface area contributed by atoms with E-state index in [0.29, 0.717) is 64.7 Å². The summed E-state index contributed by atoms with van der Waals surface area (Å²) in [6.45, 7) is 5.34. The van der Waals surface area contributed by atoms with Gasteiger partial charge in [-0.1, -0.05) is 0 Å². The van der Waals surface area contributed by atoms with Gasteiger partial charge in [0.25, 0.3) is 0 Å². The van der Waals surface area contributed by atoms with E-state index in [1.165, 1.54) is 6.07 Å². The summed E-state index contributed by atoms with van der Waals surface area (Å²) in [5.41, 5.74) is 0.296. The molecular formula is C16H21F2N3O2. The molecule has 0 saturated carbocycles. The minimum absolute atomic E-state index is 0.110. The molecule has 2 saturated heterocycles. The maximum Gasteiger partial charge on any atom is 0.236 e. The number of hydrogen-bond donors (Lipinski definition) is 0. The van der Waals surface area contributed by atoms with Gasteiger partial charge in [-0.25, -0.2) is 8.78 Å². The monoisotopic (exact) mass is 325 g/mol. The number of anilines is 1. The molecule has 0 bridgehead atoms. The summed E-state index contributed by atoms with van der Waals surface area (Å²) in [5.74, 6) is -0.741. The molecule has 1 amide bonds. The first kappa shape index (κ1) is 16.1. The van der Waals surface area contributed by atoms with Crippen LogP contribution in [-0.2, 0) is 9.53 Å². The Kier molecular flexibility index (Phi) is 5.07. The SMILES string of the molecule is O=C(CN1CCN(c2cc(F)ccc2F)CC1)N1CCOCC1. The number of carbonyl (C=O) groups is 1. The fourth-order valence-electron chi connectivity index (χ4n) is 2.98. The van der Waals surface area contributed by atoms with E-state index < -0.39 is 11.6 Å². The van der Waals surface area contributed by atoms with Gasteiger partial charge in [0.2, 0.25) is 5.91 Å². The van der Waals surface area contributed by atoms with Crippen LogP contribution in [0.25, 0.3) is 0 Å². The lowest BCUT2D eigenvalue weighted by Crippen LogP contribution is -2.51. The van der Waals surface area contributed by atoms with E-state index in [1.807, 2.05) is 9.80 Å². The van der Waals surface area contributed by atoms with Crippen LogP contribution in [0.15, 0.2) is 18.2 Å². The number of carbonyl (C=O) groups excluding carboxylic acids is 1. The number of hydrogen-bond acceptors (Lipinski definition) is 4. The largest absolute Gasteiger partial charge is 0.378 e. The first-order valence-electron chi connectivity index (χ1n) is 7.91. The predicted molar refractivity (Wildman–Crippen MR) is 82.4 cm³/mol. The van der Waals surface area contributed by atoms with Gasteiger partial charge < -0.3 is 14.5 Å². The van der Waals surface area contributed by atoms with Crippen molar-refractivity contribution in [1.29, 1.82) is 0 Å². The number of benzene rings is 1. The third kappa shape index (κ3) is 3.97. The smallest absolute Gasteiger partial charge is 0.236 e. The van der Waals surface area contributed by atoms with E-state index in [4.69, 9.17) is 4.74 Å². The second-order valence-electron chi connectivity index (χ2n) is 5.85. The molecule has 7 heteroatoms. The third-order valence-electron chi connectivity index (χ3n) is 4.34. The van der Waals surface area contributed by atoms with Crippen LogP contribution in [0.5, 0.6) is 0 Å². The molecule has 2 aliphatic rings. The summed E-state index contributed by atoms with van der Waals surface area (Å²) >= 11 is 0. The molecule has 0 N–H and O–H groups in total. The summed E-state index contributed by atoms with van der Waals surface area (Å²) in [7, 11) is 0. The highest BCUT2D eigenvalue weighted by Crippen LogP contribution is 2.21. The van der Waals surface area contributed by atoms with Gasteiger partial charge in [0.15, 0.2) is 0 Å². The van der Waals surface area contributed by atoms with Crippen molar-refractivity contribution in [2.45, 2.75) is 0 Å². The van der Waals surface area contributed by atoms with E-state index in [2.05, 4.69) is 4.90 Å². The second-order valence-corrected chi connectivity index (χ2v) is 5.85. The minimum atomic E-state index is -0.439. The lowest BCUT2D eigenvalue weighted by Gasteiger charge is -2.37. The van der Waals surface area contributed by atoms with Crippen molar-refractivity contribution in [3.8, 4) is 0 Å². The maximum atomic E-state index is 13.8. The average Bonchev–Trinajstić information content (AvgIpc) is 2.58. The van der Waals surface area contributed by atoms with Gasteiger partial charge >= 0.3 is 0 Å². The Hall–Kier alpha value is -1.73. The van der Waals surface area contributed by atoms with Crippen molar-refractivity contribution in [3.05, 3.63) is 29.8 Å². The molecule has 1 aromatic rings. The van der Waals surface area contributed by atoms with E-state index in [1.54, 1.807) is 0 Å². The standard InChI is InChI=1S/C16H21F2N3O2/c17-13-1-2-14(18)15(11-13)20-5-3-19(4-6-20)12-16(22)21-7-9-23-10-8-21/h1-2,11H,3-10,12H2. The van der Waals surface area contributed by atoms with Gasteiger partial charge in [-0.3, -0.25) is 9.69 Å². The lowest BCUT2D eigenvalue weighted by molar-refractivity contribution is -0.136. The fourth-order valence-corrected chi connectivity index (χ4v) is 2.98. The van der Waals surface area contributed by atoms with Gasteiger partial charge in [0, 0.05) is 45.3 Å². The zero-order chi connectivity index (χ0) is 16.2. The van der Waals surface area contributed by atoms with Crippen LogP contribution in [0.1, 0.15) is 0 Å². The molecule has 0 aromatic heterocycles. The van der Waals surface area contributed by atoms with Gasteiger partial charge in [-0.15, -0.1) is 0 Å². The Balaban J connectivity index is 1.52. The highest BCUT2D eigenvalue weighted by molar-refractivity contribution is 5.78. The van der Waals surface area contributed by atoms with Crippen LogP contribution in [-0.4, -0.2) is 74.7 Å². The number of piperazine rings is 1. The van der Waals surface area contributed by atoms with Crippen LogP contribution in [0.2, 0.25) is 0 Å². The molecule has 23 heavy (non-hydrogen) atoms. The molecule has 1 aromatic carbocycles. The number of halogens is 2. The highest BCUT2D eigenvalue weighted by atomic mass is 19.1. The zero-order valence-electron chi connectivity index (χ0n) is 13.0. The van der Waals surface area contributed by atoms with E-state index in [0.717, 1.165) is 12.1 Å². The number of rotatable bonds is 3. The summed E-state index contributed by atoms with van der Waals surface area (Å²) < 4.78 is 32.3. The first-order chi connectivity index (χ1) is 11.1. The predicted octanol–water partition coefficient (Wildman–Crippen LogP) is 0.946. The molecule has 0 aliphatic carbocycles. The highest BCUT2D eigenvalue weighted by Gasteiger charge is 2.24. The molecule has 126 valence electrons. The van der Waals surface area contributed by atoms with Crippen LogP contribution in [0.3, 0.4) is 0 Å². The molecule has 2 heterocycles.